The van der Waals surface area contributed by atoms with Crippen molar-refractivity contribution < 1.29 is 14.7 Å². The quantitative estimate of drug-likeness (QED) is 0.901. The van der Waals surface area contributed by atoms with Crippen LogP contribution in [-0.2, 0) is 4.79 Å². The van der Waals surface area contributed by atoms with E-state index in [0.29, 0.717) is 15.7 Å². The van der Waals surface area contributed by atoms with E-state index in [1.807, 2.05) is 6.92 Å². The first kappa shape index (κ1) is 15.5. The number of hydrogen-bond donors (Lipinski definition) is 2. The number of carbonyl (C=O) groups excluding carboxylic acids is 1. The van der Waals surface area contributed by atoms with Crippen molar-refractivity contribution >= 4 is 40.5 Å². The number of nitrogens with one attached hydrogen (secondary N) is 1. The maximum Gasteiger partial charge on any atom is 0.355 e. The molecule has 21 heavy (non-hydrogen) atoms. The highest BCUT2D eigenvalue weighted by Crippen LogP contribution is 2.26. The van der Waals surface area contributed by atoms with Gasteiger partial charge < -0.3 is 10.4 Å². The molecule has 0 saturated carbocycles. The Kier molecular flexibility index (Phi) is 4.59. The average molecular weight is 325 g/mol. The highest BCUT2D eigenvalue weighted by molar-refractivity contribution is 7.10. The molecule has 2 rings (SSSR count). The predicted octanol–water partition coefficient (Wildman–Crippen LogP) is 3.55. The fraction of sp³-hybridized carbons (Fsp3) is 0.214. The topological polar surface area (TPSA) is 79.3 Å². The van der Waals surface area contributed by atoms with Gasteiger partial charge in [-0.05, 0) is 31.5 Å². The molecular weight excluding hydrogens is 312 g/mol. The summed E-state index contributed by atoms with van der Waals surface area (Å²) in [5.41, 5.74) is 1.37. The molecule has 0 fully saturated rings. The van der Waals surface area contributed by atoms with Gasteiger partial charge in [0.05, 0.1) is 5.92 Å². The van der Waals surface area contributed by atoms with Crippen molar-refractivity contribution in [1.82, 2.24) is 4.98 Å². The van der Waals surface area contributed by atoms with Crippen molar-refractivity contribution in [3.8, 4) is 0 Å². The summed E-state index contributed by atoms with van der Waals surface area (Å²) in [5, 5.41) is 14.1. The first-order chi connectivity index (χ1) is 9.90. The molecule has 0 saturated heterocycles. The maximum atomic E-state index is 12.2. The number of amides is 1. The van der Waals surface area contributed by atoms with Crippen LogP contribution in [0.3, 0.4) is 0 Å². The molecule has 2 N–H and O–H groups in total. The van der Waals surface area contributed by atoms with Crippen molar-refractivity contribution in [1.29, 1.82) is 0 Å². The molecule has 5 nitrogen and oxygen atoms in total. The number of carboxylic acid groups (broad SMARTS) is 1. The van der Waals surface area contributed by atoms with Gasteiger partial charge in [0.25, 0.3) is 0 Å². The number of nitrogens with zero attached hydrogens (tertiary/aromatic N) is 1. The fourth-order valence-corrected chi connectivity index (χ4v) is 2.70. The molecular formula is C14H13ClN2O3S. The van der Waals surface area contributed by atoms with Gasteiger partial charge in [0.2, 0.25) is 5.91 Å². The van der Waals surface area contributed by atoms with Gasteiger partial charge >= 0.3 is 5.97 Å². The molecule has 1 aromatic carbocycles. The predicted molar refractivity (Wildman–Crippen MR) is 82.3 cm³/mol. The smallest absolute Gasteiger partial charge is 0.355 e. The summed E-state index contributed by atoms with van der Waals surface area (Å²) in [6.07, 6.45) is 0. The molecule has 1 aromatic heterocycles. The van der Waals surface area contributed by atoms with Crippen LogP contribution in [0, 0.1) is 6.92 Å². The van der Waals surface area contributed by atoms with Gasteiger partial charge in [-0.3, -0.25) is 4.79 Å². The first-order valence-corrected chi connectivity index (χ1v) is 7.40. The average Bonchev–Trinajstić information content (AvgIpc) is 2.93. The van der Waals surface area contributed by atoms with Crippen LogP contribution in [0.5, 0.6) is 0 Å². The van der Waals surface area contributed by atoms with Gasteiger partial charge in [-0.25, -0.2) is 9.78 Å². The zero-order valence-electron chi connectivity index (χ0n) is 11.4. The second-order valence-corrected chi connectivity index (χ2v) is 5.80. The molecule has 2 aromatic rings. The Morgan fingerprint density at radius 3 is 2.76 bits per heavy atom. The summed E-state index contributed by atoms with van der Waals surface area (Å²) in [5.74, 6) is -1.90. The van der Waals surface area contributed by atoms with Gasteiger partial charge in [-0.15, -0.1) is 11.3 Å². The lowest BCUT2D eigenvalue weighted by Crippen LogP contribution is -2.19. The molecule has 0 spiro atoms. The minimum atomic E-state index is -1.10. The van der Waals surface area contributed by atoms with E-state index >= 15 is 0 Å². The van der Waals surface area contributed by atoms with Crippen LogP contribution in [0.15, 0.2) is 23.6 Å². The fourth-order valence-electron chi connectivity index (χ4n) is 1.68. The zero-order valence-corrected chi connectivity index (χ0v) is 13.0. The standard InChI is InChI=1S/C14H13ClN2O3S/c1-7-9(15)4-3-5-10(7)16-12(18)8(2)13-17-11(6-21-13)14(19)20/h3-6,8H,1-2H3,(H,16,18)(H,19,20)/t8-/m0/s1. The third-order valence-electron chi connectivity index (χ3n) is 3.03. The Morgan fingerprint density at radius 2 is 2.14 bits per heavy atom. The molecule has 0 bridgehead atoms. The van der Waals surface area contributed by atoms with E-state index in [2.05, 4.69) is 10.3 Å². The number of carboxylic acids is 1. The largest absolute Gasteiger partial charge is 0.476 e. The Labute approximate surface area is 130 Å². The lowest BCUT2D eigenvalue weighted by atomic mass is 10.1. The Balaban J connectivity index is 2.15. The minimum Gasteiger partial charge on any atom is -0.476 e. The molecule has 7 heteroatoms. The van der Waals surface area contributed by atoms with Gasteiger partial charge in [0, 0.05) is 16.1 Å². The third kappa shape index (κ3) is 3.40. The van der Waals surface area contributed by atoms with E-state index in [4.69, 9.17) is 16.7 Å². The monoisotopic (exact) mass is 324 g/mol. The van der Waals surface area contributed by atoms with Crippen LogP contribution < -0.4 is 5.32 Å². The first-order valence-electron chi connectivity index (χ1n) is 6.15. The lowest BCUT2D eigenvalue weighted by molar-refractivity contribution is -0.117. The summed E-state index contributed by atoms with van der Waals surface area (Å²) >= 11 is 7.16. The second kappa shape index (κ2) is 6.24. The normalized spacial score (nSPS) is 12.0. The summed E-state index contributed by atoms with van der Waals surface area (Å²) in [4.78, 5) is 27.0. The van der Waals surface area contributed by atoms with E-state index in [9.17, 15) is 9.59 Å². The van der Waals surface area contributed by atoms with Crippen molar-refractivity contribution in [3.05, 3.63) is 44.9 Å². The van der Waals surface area contributed by atoms with E-state index < -0.39 is 11.9 Å². The van der Waals surface area contributed by atoms with Gasteiger partial charge in [0.15, 0.2) is 5.69 Å². The Bertz CT molecular complexity index is 699. The molecule has 1 amide bonds. The van der Waals surface area contributed by atoms with Crippen LogP contribution in [0.25, 0.3) is 0 Å². The SMILES string of the molecule is Cc1c(Cl)cccc1NC(=O)[C@H](C)c1nc(C(=O)O)cs1. The maximum absolute atomic E-state index is 12.2. The van der Waals surface area contributed by atoms with E-state index in [1.54, 1.807) is 25.1 Å². The van der Waals surface area contributed by atoms with E-state index in [0.717, 1.165) is 16.9 Å². The molecule has 1 atom stereocenters. The number of carbonyl (C=O) groups is 2. The number of thiazole rings is 1. The number of rotatable bonds is 4. The molecule has 1 heterocycles. The number of anilines is 1. The number of aromatic nitrogens is 1. The number of hydrogen-bond acceptors (Lipinski definition) is 4. The molecule has 0 aliphatic carbocycles. The molecule has 0 unspecified atom stereocenters. The second-order valence-electron chi connectivity index (χ2n) is 4.50. The van der Waals surface area contributed by atoms with Crippen LogP contribution in [-0.4, -0.2) is 22.0 Å². The lowest BCUT2D eigenvalue weighted by Gasteiger charge is -2.12. The van der Waals surface area contributed by atoms with Gasteiger partial charge in [0.1, 0.15) is 5.01 Å². The van der Waals surface area contributed by atoms with Crippen LogP contribution >= 0.6 is 22.9 Å². The van der Waals surface area contributed by atoms with Gasteiger partial charge in [-0.2, -0.15) is 0 Å². The molecule has 0 radical (unpaired) electrons. The van der Waals surface area contributed by atoms with Gasteiger partial charge in [-0.1, -0.05) is 17.7 Å². The summed E-state index contributed by atoms with van der Waals surface area (Å²) in [7, 11) is 0. The summed E-state index contributed by atoms with van der Waals surface area (Å²) in [6, 6.07) is 5.26. The van der Waals surface area contributed by atoms with Crippen molar-refractivity contribution in [2.24, 2.45) is 0 Å². The van der Waals surface area contributed by atoms with Crippen molar-refractivity contribution in [3.63, 3.8) is 0 Å². The Morgan fingerprint density at radius 1 is 1.43 bits per heavy atom. The molecule has 0 aliphatic heterocycles. The van der Waals surface area contributed by atoms with Crippen molar-refractivity contribution in [2.75, 3.05) is 5.32 Å². The third-order valence-corrected chi connectivity index (χ3v) is 4.47. The van der Waals surface area contributed by atoms with E-state index in [-0.39, 0.29) is 11.6 Å². The van der Waals surface area contributed by atoms with Crippen LogP contribution in [0.1, 0.15) is 33.9 Å². The highest BCUT2D eigenvalue weighted by Gasteiger charge is 2.21. The van der Waals surface area contributed by atoms with Crippen molar-refractivity contribution in [2.45, 2.75) is 19.8 Å². The molecule has 110 valence electrons. The minimum absolute atomic E-state index is 0.0476. The van der Waals surface area contributed by atoms with Crippen LogP contribution in [0.4, 0.5) is 5.69 Å². The van der Waals surface area contributed by atoms with E-state index in [1.165, 1.54) is 5.38 Å². The summed E-state index contributed by atoms with van der Waals surface area (Å²) in [6.45, 7) is 3.49. The number of benzene rings is 1. The number of aromatic carboxylic acids is 1. The number of halogens is 1. The molecule has 0 aliphatic rings. The Hall–Kier alpha value is -1.92. The zero-order chi connectivity index (χ0) is 15.6. The summed E-state index contributed by atoms with van der Waals surface area (Å²) < 4.78 is 0. The van der Waals surface area contributed by atoms with Crippen LogP contribution in [0.2, 0.25) is 5.02 Å². The highest BCUT2D eigenvalue weighted by atomic mass is 35.5.